The van der Waals surface area contributed by atoms with E-state index in [4.69, 9.17) is 4.98 Å². The smallest absolute Gasteiger partial charge is 0.143 e. The first kappa shape index (κ1) is 14.3. The monoisotopic (exact) mass is 419 g/mol. The molecule has 0 unspecified atom stereocenters. The Hall–Kier alpha value is -1.33. The number of halogens is 2. The van der Waals surface area contributed by atoms with Crippen molar-refractivity contribution in [3.63, 3.8) is 0 Å². The van der Waals surface area contributed by atoms with Crippen molar-refractivity contribution >= 4 is 59.6 Å². The first-order chi connectivity index (χ1) is 10.7. The lowest BCUT2D eigenvalue weighted by molar-refractivity contribution is 0.794. The molecule has 4 aromatic rings. The summed E-state index contributed by atoms with van der Waals surface area (Å²) in [7, 11) is 0. The zero-order valence-electron chi connectivity index (χ0n) is 12.2. The fraction of sp³-hybridized carbons (Fsp3) is 0.235. The number of H-pyrrole nitrogens is 1. The summed E-state index contributed by atoms with van der Waals surface area (Å²) in [6.45, 7) is 2.22. The fourth-order valence-corrected chi connectivity index (χ4v) is 4.26. The van der Waals surface area contributed by atoms with Crippen LogP contribution in [0.25, 0.3) is 27.7 Å². The lowest BCUT2D eigenvalue weighted by atomic mass is 10.1. The lowest BCUT2D eigenvalue weighted by Gasteiger charge is -2.01. The van der Waals surface area contributed by atoms with Crippen LogP contribution >= 0.6 is 31.9 Å². The zero-order valence-corrected chi connectivity index (χ0v) is 15.3. The van der Waals surface area contributed by atoms with Crippen LogP contribution < -0.4 is 0 Å². The van der Waals surface area contributed by atoms with Crippen molar-refractivity contribution in [2.45, 2.75) is 26.2 Å². The van der Waals surface area contributed by atoms with Crippen LogP contribution in [0.1, 0.15) is 25.3 Å². The molecule has 3 heterocycles. The summed E-state index contributed by atoms with van der Waals surface area (Å²) in [5.74, 6) is 0. The van der Waals surface area contributed by atoms with Crippen molar-refractivity contribution < 1.29 is 0 Å². The number of aryl methyl sites for hydroxylation is 1. The minimum atomic E-state index is 1.01. The van der Waals surface area contributed by atoms with Gasteiger partial charge in [0.1, 0.15) is 16.8 Å². The van der Waals surface area contributed by atoms with Gasteiger partial charge in [-0.25, -0.2) is 4.98 Å². The Morgan fingerprint density at radius 1 is 1.23 bits per heavy atom. The topological polar surface area (TPSA) is 33.1 Å². The largest absolute Gasteiger partial charge is 0.338 e. The average Bonchev–Trinajstić information content (AvgIpc) is 3.01. The van der Waals surface area contributed by atoms with Crippen molar-refractivity contribution in [2.75, 3.05) is 0 Å². The van der Waals surface area contributed by atoms with Gasteiger partial charge in [-0.05, 0) is 58.6 Å². The van der Waals surface area contributed by atoms with E-state index in [2.05, 4.69) is 72.6 Å². The highest BCUT2D eigenvalue weighted by Crippen LogP contribution is 2.33. The molecule has 0 aliphatic heterocycles. The van der Waals surface area contributed by atoms with Gasteiger partial charge < -0.3 is 4.98 Å². The Morgan fingerprint density at radius 3 is 2.91 bits per heavy atom. The molecular weight excluding hydrogens is 406 g/mol. The molecule has 5 heteroatoms. The van der Waals surface area contributed by atoms with E-state index < -0.39 is 0 Å². The molecular formula is C17H15Br2N3. The van der Waals surface area contributed by atoms with Crippen LogP contribution in [0.2, 0.25) is 0 Å². The number of imidazole rings is 1. The van der Waals surface area contributed by atoms with Gasteiger partial charge in [0.05, 0.1) is 5.52 Å². The molecule has 0 saturated heterocycles. The predicted molar refractivity (Wildman–Crippen MR) is 98.6 cm³/mol. The summed E-state index contributed by atoms with van der Waals surface area (Å²) in [5, 5.41) is 1.13. The number of aromatic nitrogens is 3. The molecule has 4 rings (SSSR count). The van der Waals surface area contributed by atoms with E-state index in [-0.39, 0.29) is 0 Å². The number of hydrogen-bond donors (Lipinski definition) is 1. The van der Waals surface area contributed by atoms with Crippen LogP contribution in [0.5, 0.6) is 0 Å². The third-order valence-corrected chi connectivity index (χ3v) is 5.15. The second-order valence-corrected chi connectivity index (χ2v) is 7.38. The molecule has 0 atom stereocenters. The Morgan fingerprint density at radius 2 is 2.09 bits per heavy atom. The number of hydrogen-bond acceptors (Lipinski definition) is 1. The fourth-order valence-electron chi connectivity index (χ4n) is 2.94. The zero-order chi connectivity index (χ0) is 15.3. The normalized spacial score (nSPS) is 12.0. The number of rotatable bonds is 3. The van der Waals surface area contributed by atoms with E-state index in [1.54, 1.807) is 0 Å². The molecule has 0 amide bonds. The van der Waals surface area contributed by atoms with Gasteiger partial charge in [0, 0.05) is 20.5 Å². The standard InChI is InChI=1S/C17H15Br2N3/c1-2-3-4-10-5-6-22-14(7-10)20-16-12-8-11(18)9-13(19)15(12)21-17(16)22/h5-9,21H,2-4H2,1H3. The molecule has 112 valence electrons. The number of aromatic amines is 1. The molecule has 1 N–H and O–H groups in total. The number of fused-ring (bicyclic) bond motifs is 5. The summed E-state index contributed by atoms with van der Waals surface area (Å²) >= 11 is 7.18. The van der Waals surface area contributed by atoms with Crippen LogP contribution in [-0.2, 0) is 6.42 Å². The molecule has 0 fully saturated rings. The third-order valence-electron chi connectivity index (χ3n) is 4.06. The summed E-state index contributed by atoms with van der Waals surface area (Å²) in [5.41, 5.74) is 5.52. The maximum atomic E-state index is 4.84. The highest BCUT2D eigenvalue weighted by Gasteiger charge is 2.14. The highest BCUT2D eigenvalue weighted by molar-refractivity contribution is 9.11. The Kier molecular flexibility index (Phi) is 3.50. The molecule has 0 aliphatic rings. The van der Waals surface area contributed by atoms with Gasteiger partial charge in [-0.1, -0.05) is 29.3 Å². The number of pyridine rings is 1. The van der Waals surface area contributed by atoms with Crippen molar-refractivity contribution in [3.8, 4) is 0 Å². The van der Waals surface area contributed by atoms with Gasteiger partial charge in [-0.2, -0.15) is 0 Å². The van der Waals surface area contributed by atoms with Crippen molar-refractivity contribution in [2.24, 2.45) is 0 Å². The van der Waals surface area contributed by atoms with Gasteiger partial charge in [0.25, 0.3) is 0 Å². The van der Waals surface area contributed by atoms with Gasteiger partial charge in [-0.15, -0.1) is 0 Å². The van der Waals surface area contributed by atoms with Crippen molar-refractivity contribution in [1.29, 1.82) is 0 Å². The minimum Gasteiger partial charge on any atom is -0.338 e. The summed E-state index contributed by atoms with van der Waals surface area (Å²) < 4.78 is 4.22. The molecule has 0 aliphatic carbocycles. The minimum absolute atomic E-state index is 1.01. The summed E-state index contributed by atoms with van der Waals surface area (Å²) in [6, 6.07) is 8.55. The van der Waals surface area contributed by atoms with E-state index in [9.17, 15) is 0 Å². The Labute approximate surface area is 145 Å². The second-order valence-electron chi connectivity index (χ2n) is 5.61. The van der Waals surface area contributed by atoms with Gasteiger partial charge >= 0.3 is 0 Å². The van der Waals surface area contributed by atoms with E-state index in [1.807, 2.05) is 6.07 Å². The first-order valence-electron chi connectivity index (χ1n) is 7.45. The van der Waals surface area contributed by atoms with E-state index >= 15 is 0 Å². The van der Waals surface area contributed by atoms with Crippen LogP contribution in [0.4, 0.5) is 0 Å². The van der Waals surface area contributed by atoms with Crippen LogP contribution in [0.15, 0.2) is 39.4 Å². The molecule has 3 nitrogen and oxygen atoms in total. The SMILES string of the molecule is CCCCc1ccn2c(c1)nc1c3cc(Br)cc(Br)c3[nH]c12. The van der Waals surface area contributed by atoms with E-state index in [0.717, 1.165) is 43.1 Å². The maximum Gasteiger partial charge on any atom is 0.143 e. The van der Waals surface area contributed by atoms with E-state index in [1.165, 1.54) is 18.4 Å². The average molecular weight is 421 g/mol. The summed E-state index contributed by atoms with van der Waals surface area (Å²) in [4.78, 5) is 8.34. The number of unbranched alkanes of at least 4 members (excludes halogenated alkanes) is 1. The highest BCUT2D eigenvalue weighted by atomic mass is 79.9. The van der Waals surface area contributed by atoms with Crippen LogP contribution in [-0.4, -0.2) is 14.4 Å². The maximum absolute atomic E-state index is 4.84. The van der Waals surface area contributed by atoms with E-state index in [0.29, 0.717) is 0 Å². The number of nitrogens with one attached hydrogen (secondary N) is 1. The summed E-state index contributed by atoms with van der Waals surface area (Å²) in [6.07, 6.45) is 5.67. The molecule has 1 aromatic carbocycles. The van der Waals surface area contributed by atoms with Crippen molar-refractivity contribution in [1.82, 2.24) is 14.4 Å². The van der Waals surface area contributed by atoms with Gasteiger partial charge in [0.15, 0.2) is 0 Å². The molecule has 22 heavy (non-hydrogen) atoms. The van der Waals surface area contributed by atoms with Crippen molar-refractivity contribution in [3.05, 3.63) is 45.0 Å². The molecule has 0 saturated carbocycles. The number of nitrogens with zero attached hydrogens (tertiary/aromatic N) is 2. The predicted octanol–water partition coefficient (Wildman–Crippen LogP) is 5.84. The van der Waals surface area contributed by atoms with Crippen LogP contribution in [0, 0.1) is 0 Å². The molecule has 0 spiro atoms. The third kappa shape index (κ3) is 2.18. The first-order valence-corrected chi connectivity index (χ1v) is 9.03. The Balaban J connectivity index is 1.97. The molecule has 0 bridgehead atoms. The molecule has 3 aromatic heterocycles. The Bertz CT molecular complexity index is 998. The number of benzene rings is 1. The van der Waals surface area contributed by atoms with Gasteiger partial charge in [0.2, 0.25) is 0 Å². The van der Waals surface area contributed by atoms with Gasteiger partial charge in [-0.3, -0.25) is 4.40 Å². The molecule has 0 radical (unpaired) electrons. The lowest BCUT2D eigenvalue weighted by Crippen LogP contribution is -1.90. The van der Waals surface area contributed by atoms with Crippen LogP contribution in [0.3, 0.4) is 0 Å². The second kappa shape index (κ2) is 5.39. The quantitative estimate of drug-likeness (QED) is 0.443.